The first-order valence-corrected chi connectivity index (χ1v) is 18.5. The van der Waals surface area contributed by atoms with E-state index in [9.17, 15) is 0 Å². The smallest absolute Gasteiger partial charge is 0.00445 e. The van der Waals surface area contributed by atoms with Crippen LogP contribution < -0.4 is 0 Å². The molecule has 0 heteroatoms. The van der Waals surface area contributed by atoms with Crippen molar-refractivity contribution in [3.05, 3.63) is 69.9 Å². The Hall–Kier alpha value is -1.56. The van der Waals surface area contributed by atoms with Crippen molar-refractivity contribution in [1.82, 2.24) is 0 Å². The lowest BCUT2D eigenvalue weighted by molar-refractivity contribution is 0.166. The Morgan fingerprint density at radius 3 is 1.25 bits per heavy atom. The molecule has 0 aromatic rings. The van der Waals surface area contributed by atoms with Crippen LogP contribution in [0, 0.1) is 50.2 Å². The van der Waals surface area contributed by atoms with E-state index in [0.717, 1.165) is 17.8 Å². The molecule has 0 radical (unpaired) electrons. The van der Waals surface area contributed by atoms with Crippen LogP contribution in [0.4, 0.5) is 0 Å². The van der Waals surface area contributed by atoms with Crippen molar-refractivity contribution in [3.8, 4) is 0 Å². The van der Waals surface area contributed by atoms with E-state index < -0.39 is 0 Å². The molecule has 0 aliphatic heterocycles. The molecular formula is C44H70. The predicted molar refractivity (Wildman–Crippen MR) is 196 cm³/mol. The van der Waals surface area contributed by atoms with Gasteiger partial charge in [-0.15, -0.1) is 0 Å². The second-order valence-electron chi connectivity index (χ2n) is 18.1. The molecule has 44 heavy (non-hydrogen) atoms. The zero-order chi connectivity index (χ0) is 33.1. The van der Waals surface area contributed by atoms with Crippen molar-refractivity contribution in [3.63, 3.8) is 0 Å². The Morgan fingerprint density at radius 2 is 0.795 bits per heavy atom. The van der Waals surface area contributed by atoms with Crippen LogP contribution in [0.1, 0.15) is 155 Å². The van der Waals surface area contributed by atoms with Crippen molar-refractivity contribution in [2.45, 2.75) is 155 Å². The summed E-state index contributed by atoms with van der Waals surface area (Å²) in [5.41, 5.74) is 12.6. The minimum absolute atomic E-state index is 0.371. The zero-order valence-electron chi connectivity index (χ0n) is 31.9. The van der Waals surface area contributed by atoms with Gasteiger partial charge in [0.2, 0.25) is 0 Å². The molecule has 6 aliphatic rings. The monoisotopic (exact) mass is 599 g/mol. The molecule has 5 atom stereocenters. The average molecular weight is 599 g/mol. The maximum absolute atomic E-state index is 2.47. The van der Waals surface area contributed by atoms with Crippen LogP contribution in [-0.4, -0.2) is 0 Å². The summed E-state index contributed by atoms with van der Waals surface area (Å²) in [5, 5.41) is 0. The van der Waals surface area contributed by atoms with Gasteiger partial charge in [-0.3, -0.25) is 0 Å². The van der Waals surface area contributed by atoms with Gasteiger partial charge < -0.3 is 0 Å². The Labute approximate surface area is 274 Å². The van der Waals surface area contributed by atoms with Gasteiger partial charge in [-0.25, -0.2) is 0 Å². The van der Waals surface area contributed by atoms with Gasteiger partial charge in [-0.05, 0) is 118 Å². The SMILES string of the molecule is CC1C(C)(C)C2=C(CCC=C2)C1(C)C.CCC1(C)C2=C(C=CCC2)C(C)(C)C1C.CCC1(C)C2=C(CCC=C2)C(C)(C)C1C. The minimum Gasteiger partial charge on any atom is -0.0839 e. The molecule has 0 saturated carbocycles. The summed E-state index contributed by atoms with van der Waals surface area (Å²) < 4.78 is 0. The van der Waals surface area contributed by atoms with Crippen molar-refractivity contribution >= 4 is 0 Å². The largest absolute Gasteiger partial charge is 0.0839 e. The Balaban J connectivity index is 0.000000151. The Morgan fingerprint density at radius 1 is 0.455 bits per heavy atom. The molecule has 0 bridgehead atoms. The topological polar surface area (TPSA) is 0 Å². The van der Waals surface area contributed by atoms with E-state index >= 15 is 0 Å². The molecule has 0 amide bonds. The van der Waals surface area contributed by atoms with Crippen LogP contribution in [-0.2, 0) is 0 Å². The van der Waals surface area contributed by atoms with Gasteiger partial charge in [0.05, 0.1) is 0 Å². The second kappa shape index (κ2) is 11.9. The molecule has 0 spiro atoms. The Kier molecular flexibility index (Phi) is 9.55. The van der Waals surface area contributed by atoms with Crippen LogP contribution in [0.2, 0.25) is 0 Å². The number of hydrogen-bond donors (Lipinski definition) is 0. The van der Waals surface area contributed by atoms with Crippen LogP contribution in [0.5, 0.6) is 0 Å². The fourth-order valence-corrected chi connectivity index (χ4v) is 10.7. The quantitative estimate of drug-likeness (QED) is 0.296. The minimum atomic E-state index is 0.371. The van der Waals surface area contributed by atoms with Crippen molar-refractivity contribution < 1.29 is 0 Å². The molecule has 6 aliphatic carbocycles. The molecule has 0 fully saturated rings. The summed E-state index contributed by atoms with van der Waals surface area (Å²) in [5.74, 6) is 2.29. The maximum atomic E-state index is 2.47. The highest BCUT2D eigenvalue weighted by Gasteiger charge is 2.52. The lowest BCUT2D eigenvalue weighted by Gasteiger charge is -2.37. The number of allylic oxidation sites excluding steroid dienone is 12. The Bertz CT molecular complexity index is 1290. The summed E-state index contributed by atoms with van der Waals surface area (Å²) in [7, 11) is 0. The van der Waals surface area contributed by atoms with E-state index in [1.165, 1.54) is 51.4 Å². The highest BCUT2D eigenvalue weighted by Crippen LogP contribution is 2.62. The summed E-state index contributed by atoms with van der Waals surface area (Å²) >= 11 is 0. The summed E-state index contributed by atoms with van der Waals surface area (Å²) in [6, 6.07) is 0. The number of hydrogen-bond acceptors (Lipinski definition) is 0. The van der Waals surface area contributed by atoms with E-state index in [2.05, 4.69) is 140 Å². The normalized spacial score (nSPS) is 36.8. The maximum Gasteiger partial charge on any atom is -0.00445 e. The molecule has 0 heterocycles. The standard InChI is InChI=1S/2C15H24.C14H22/c2*1-6-15(5)11(2)14(3,4)12-9-7-8-10-13(12)15;1-10-13(2,3)11-8-6-7-9-12(11)14(10,4)5/h8,10-11H,6-7,9H2,1-5H3;7,9,11H,6,8,10H2,1-5H3;6,8,10H,7,9H2,1-5H3. The van der Waals surface area contributed by atoms with Gasteiger partial charge in [-0.1, -0.05) is 157 Å². The molecule has 0 aromatic heterocycles. The molecule has 6 rings (SSSR count). The van der Waals surface area contributed by atoms with Crippen molar-refractivity contribution in [1.29, 1.82) is 0 Å². The van der Waals surface area contributed by atoms with E-state index in [-0.39, 0.29) is 0 Å². The molecular weight excluding hydrogens is 528 g/mol. The molecule has 0 saturated heterocycles. The van der Waals surface area contributed by atoms with Crippen molar-refractivity contribution in [2.24, 2.45) is 50.2 Å². The lowest BCUT2D eigenvalue weighted by atomic mass is 9.67. The molecule has 0 nitrogen and oxygen atoms in total. The highest BCUT2D eigenvalue weighted by atomic mass is 14.6. The summed E-state index contributed by atoms with van der Waals surface area (Å²) in [4.78, 5) is 0. The molecule has 0 aromatic carbocycles. The van der Waals surface area contributed by atoms with Crippen LogP contribution in [0.15, 0.2) is 69.9 Å². The van der Waals surface area contributed by atoms with Crippen LogP contribution in [0.25, 0.3) is 0 Å². The molecule has 0 N–H and O–H groups in total. The first-order valence-electron chi connectivity index (χ1n) is 18.5. The van der Waals surface area contributed by atoms with E-state index in [1.807, 2.05) is 0 Å². The highest BCUT2D eigenvalue weighted by molar-refractivity contribution is 5.46. The van der Waals surface area contributed by atoms with E-state index in [0.29, 0.717) is 32.5 Å². The third-order valence-corrected chi connectivity index (χ3v) is 15.5. The van der Waals surface area contributed by atoms with Gasteiger partial charge in [0.25, 0.3) is 0 Å². The van der Waals surface area contributed by atoms with Crippen molar-refractivity contribution in [2.75, 3.05) is 0 Å². The van der Waals surface area contributed by atoms with E-state index in [4.69, 9.17) is 0 Å². The number of rotatable bonds is 2. The third-order valence-electron chi connectivity index (χ3n) is 15.5. The fourth-order valence-electron chi connectivity index (χ4n) is 10.7. The van der Waals surface area contributed by atoms with Gasteiger partial charge >= 0.3 is 0 Å². The van der Waals surface area contributed by atoms with Gasteiger partial charge in [0.15, 0.2) is 0 Å². The predicted octanol–water partition coefficient (Wildman–Crippen LogP) is 13.8. The van der Waals surface area contributed by atoms with E-state index in [1.54, 1.807) is 33.4 Å². The third kappa shape index (κ3) is 5.25. The first-order chi connectivity index (χ1) is 20.3. The van der Waals surface area contributed by atoms with Gasteiger partial charge in [0, 0.05) is 0 Å². The zero-order valence-corrected chi connectivity index (χ0v) is 31.9. The second-order valence-corrected chi connectivity index (χ2v) is 18.1. The molecule has 246 valence electrons. The van der Waals surface area contributed by atoms with Crippen LogP contribution in [0.3, 0.4) is 0 Å². The summed E-state index contributed by atoms with van der Waals surface area (Å²) in [6.07, 6.45) is 24.4. The fraction of sp³-hybridized carbons (Fsp3) is 0.727. The molecule has 5 unspecified atom stereocenters. The average Bonchev–Trinajstić information content (AvgIpc) is 3.35. The summed E-state index contributed by atoms with van der Waals surface area (Å²) in [6.45, 7) is 36.3. The van der Waals surface area contributed by atoms with Crippen LogP contribution >= 0.6 is 0 Å². The van der Waals surface area contributed by atoms with Gasteiger partial charge in [-0.2, -0.15) is 0 Å². The first kappa shape index (κ1) is 35.3. The lowest BCUT2D eigenvalue weighted by Crippen LogP contribution is -2.29. The van der Waals surface area contributed by atoms with Gasteiger partial charge in [0.1, 0.15) is 0 Å².